The van der Waals surface area contributed by atoms with Crippen molar-refractivity contribution in [3.8, 4) is 11.5 Å². The van der Waals surface area contributed by atoms with Crippen molar-refractivity contribution < 1.29 is 9.21 Å². The van der Waals surface area contributed by atoms with Crippen LogP contribution in [0.2, 0.25) is 0 Å². The smallest absolute Gasteiger partial charge is 0.249 e. The number of fused-ring (bicyclic) bond motifs is 1. The predicted octanol–water partition coefficient (Wildman–Crippen LogP) is 2.85. The zero-order valence-corrected chi connectivity index (χ0v) is 13.5. The lowest BCUT2D eigenvalue weighted by Gasteiger charge is -2.24. The second kappa shape index (κ2) is 6.35. The molecule has 1 aliphatic carbocycles. The summed E-state index contributed by atoms with van der Waals surface area (Å²) < 4.78 is 5.36. The Morgan fingerprint density at radius 2 is 2.36 bits per heavy atom. The van der Waals surface area contributed by atoms with Gasteiger partial charge in [-0.15, -0.1) is 10.2 Å². The number of aromatic nitrogens is 4. The average molecular weight is 335 g/mol. The summed E-state index contributed by atoms with van der Waals surface area (Å²) in [6, 6.07) is 2.08. The van der Waals surface area contributed by atoms with Crippen LogP contribution in [0.3, 0.4) is 0 Å². The number of H-pyrrole nitrogens is 1. The van der Waals surface area contributed by atoms with Crippen molar-refractivity contribution in [3.63, 3.8) is 0 Å². The van der Waals surface area contributed by atoms with Gasteiger partial charge in [0, 0.05) is 23.8 Å². The molecule has 3 heterocycles. The van der Waals surface area contributed by atoms with E-state index in [-0.39, 0.29) is 11.9 Å². The molecule has 1 aliphatic rings. The summed E-state index contributed by atoms with van der Waals surface area (Å²) in [6.07, 6.45) is 11.0. The lowest BCUT2D eigenvalue weighted by Crippen LogP contribution is -2.34. The Labute approximate surface area is 143 Å². The molecule has 3 aromatic rings. The SMILES string of the molecule is C=CC(=O)N[C@H]1CCC=C(c2ccnc3[nH]cc(-c4nnco4)c23)C1. The fourth-order valence-electron chi connectivity index (χ4n) is 3.30. The standard InChI is InChI=1S/C18H17N5O2/c1-2-15(24)22-12-5-3-4-11(8-12)13-6-7-19-17-16(13)14(9-20-17)18-23-21-10-25-18/h2,4,6-7,9-10,12H,1,3,5,8H2,(H,19,20)(H,22,24)/t12-/m0/s1. The number of allylic oxidation sites excluding steroid dienone is 1. The van der Waals surface area contributed by atoms with Crippen LogP contribution in [0.1, 0.15) is 24.8 Å². The second-order valence-electron chi connectivity index (χ2n) is 5.95. The zero-order valence-electron chi connectivity index (χ0n) is 13.5. The van der Waals surface area contributed by atoms with Crippen LogP contribution in [0.5, 0.6) is 0 Å². The third kappa shape index (κ3) is 2.84. The molecular weight excluding hydrogens is 318 g/mol. The molecule has 126 valence electrons. The largest absolute Gasteiger partial charge is 0.423 e. The summed E-state index contributed by atoms with van der Waals surface area (Å²) in [6.45, 7) is 3.52. The highest BCUT2D eigenvalue weighted by Gasteiger charge is 2.22. The Kier molecular flexibility index (Phi) is 3.89. The molecule has 0 fully saturated rings. The number of nitrogens with one attached hydrogen (secondary N) is 2. The van der Waals surface area contributed by atoms with Crippen molar-refractivity contribution in [1.29, 1.82) is 0 Å². The van der Waals surface area contributed by atoms with Gasteiger partial charge in [0.15, 0.2) is 0 Å². The van der Waals surface area contributed by atoms with E-state index >= 15 is 0 Å². The summed E-state index contributed by atoms with van der Waals surface area (Å²) in [4.78, 5) is 19.2. The summed E-state index contributed by atoms with van der Waals surface area (Å²) in [5.74, 6) is 0.313. The van der Waals surface area contributed by atoms with Gasteiger partial charge < -0.3 is 14.7 Å². The van der Waals surface area contributed by atoms with Crippen LogP contribution >= 0.6 is 0 Å². The Bertz CT molecular complexity index is 955. The molecule has 1 amide bonds. The van der Waals surface area contributed by atoms with Gasteiger partial charge in [0.25, 0.3) is 0 Å². The van der Waals surface area contributed by atoms with E-state index in [1.807, 2.05) is 12.3 Å². The van der Waals surface area contributed by atoms with Gasteiger partial charge in [-0.05, 0) is 42.5 Å². The molecule has 25 heavy (non-hydrogen) atoms. The van der Waals surface area contributed by atoms with Gasteiger partial charge in [-0.2, -0.15) is 0 Å². The number of pyridine rings is 1. The maximum atomic E-state index is 11.6. The molecule has 0 saturated carbocycles. The normalized spacial score (nSPS) is 17.3. The van der Waals surface area contributed by atoms with E-state index in [4.69, 9.17) is 4.42 Å². The molecule has 1 atom stereocenters. The van der Waals surface area contributed by atoms with E-state index in [9.17, 15) is 4.79 Å². The molecule has 7 nitrogen and oxygen atoms in total. The summed E-state index contributed by atoms with van der Waals surface area (Å²) in [5.41, 5.74) is 3.84. The molecule has 7 heteroatoms. The van der Waals surface area contributed by atoms with Crippen LogP contribution < -0.4 is 5.32 Å². The van der Waals surface area contributed by atoms with Crippen LogP contribution in [0, 0.1) is 0 Å². The maximum Gasteiger partial charge on any atom is 0.249 e. The van der Waals surface area contributed by atoms with Crippen molar-refractivity contribution in [2.45, 2.75) is 25.3 Å². The van der Waals surface area contributed by atoms with Gasteiger partial charge in [-0.25, -0.2) is 4.98 Å². The van der Waals surface area contributed by atoms with Crippen LogP contribution in [-0.4, -0.2) is 32.1 Å². The number of rotatable bonds is 4. The number of hydrogen-bond donors (Lipinski definition) is 2. The molecular formula is C18H17N5O2. The maximum absolute atomic E-state index is 11.6. The van der Waals surface area contributed by atoms with Gasteiger partial charge in [0.1, 0.15) is 5.65 Å². The quantitative estimate of drug-likeness (QED) is 0.715. The number of carbonyl (C=O) groups excluding carboxylic acids is 1. The van der Waals surface area contributed by atoms with E-state index in [1.165, 1.54) is 18.0 Å². The van der Waals surface area contributed by atoms with Crippen LogP contribution in [-0.2, 0) is 4.79 Å². The number of nitrogens with zero attached hydrogens (tertiary/aromatic N) is 3. The van der Waals surface area contributed by atoms with Crippen LogP contribution in [0.25, 0.3) is 28.1 Å². The fourth-order valence-corrected chi connectivity index (χ4v) is 3.30. The molecule has 0 aromatic carbocycles. The Balaban J connectivity index is 1.74. The molecule has 0 radical (unpaired) electrons. The van der Waals surface area contributed by atoms with Gasteiger partial charge in [-0.3, -0.25) is 4.79 Å². The van der Waals surface area contributed by atoms with Crippen molar-refractivity contribution in [1.82, 2.24) is 25.5 Å². The van der Waals surface area contributed by atoms with Gasteiger partial charge >= 0.3 is 0 Å². The molecule has 0 unspecified atom stereocenters. The van der Waals surface area contributed by atoms with E-state index in [2.05, 4.69) is 38.1 Å². The van der Waals surface area contributed by atoms with Gasteiger partial charge in [0.2, 0.25) is 18.2 Å². The highest BCUT2D eigenvalue weighted by molar-refractivity contribution is 6.00. The Hall–Kier alpha value is -3.22. The Morgan fingerprint density at radius 3 is 3.16 bits per heavy atom. The predicted molar refractivity (Wildman–Crippen MR) is 93.3 cm³/mol. The van der Waals surface area contributed by atoms with Crippen molar-refractivity contribution in [2.75, 3.05) is 0 Å². The van der Waals surface area contributed by atoms with Crippen LogP contribution in [0.15, 0.2) is 48.0 Å². The number of carbonyl (C=O) groups is 1. The number of amides is 1. The summed E-state index contributed by atoms with van der Waals surface area (Å²) in [7, 11) is 0. The highest BCUT2D eigenvalue weighted by Crippen LogP contribution is 2.36. The molecule has 2 N–H and O–H groups in total. The zero-order chi connectivity index (χ0) is 17.2. The monoisotopic (exact) mass is 335 g/mol. The van der Waals surface area contributed by atoms with Crippen LogP contribution in [0.4, 0.5) is 0 Å². The molecule has 3 aromatic heterocycles. The minimum absolute atomic E-state index is 0.0968. The van der Waals surface area contributed by atoms with Gasteiger partial charge in [0.05, 0.1) is 5.56 Å². The molecule has 0 bridgehead atoms. The van der Waals surface area contributed by atoms with E-state index < -0.39 is 0 Å². The number of aromatic amines is 1. The van der Waals surface area contributed by atoms with Crippen molar-refractivity contribution >= 4 is 22.5 Å². The Morgan fingerprint density at radius 1 is 1.44 bits per heavy atom. The summed E-state index contributed by atoms with van der Waals surface area (Å²) >= 11 is 0. The molecule has 4 rings (SSSR count). The third-order valence-corrected chi connectivity index (χ3v) is 4.41. The van der Waals surface area contributed by atoms with E-state index in [0.717, 1.165) is 41.4 Å². The summed E-state index contributed by atoms with van der Waals surface area (Å²) in [5, 5.41) is 11.7. The first-order chi connectivity index (χ1) is 12.3. The average Bonchev–Trinajstić information content (AvgIpc) is 3.30. The van der Waals surface area contributed by atoms with Crippen molar-refractivity contribution in [2.24, 2.45) is 0 Å². The van der Waals surface area contributed by atoms with E-state index in [1.54, 1.807) is 6.20 Å². The van der Waals surface area contributed by atoms with Gasteiger partial charge in [-0.1, -0.05) is 12.7 Å². The second-order valence-corrected chi connectivity index (χ2v) is 5.95. The topological polar surface area (TPSA) is 96.7 Å². The molecule has 0 aliphatic heterocycles. The van der Waals surface area contributed by atoms with E-state index in [0.29, 0.717) is 5.89 Å². The molecule has 0 saturated heterocycles. The first-order valence-corrected chi connectivity index (χ1v) is 8.11. The minimum atomic E-state index is -0.140. The fraction of sp³-hybridized carbons (Fsp3) is 0.222. The lowest BCUT2D eigenvalue weighted by molar-refractivity contribution is -0.117. The third-order valence-electron chi connectivity index (χ3n) is 4.41. The first-order valence-electron chi connectivity index (χ1n) is 8.11. The number of hydrogen-bond acceptors (Lipinski definition) is 5. The first kappa shape index (κ1) is 15.3. The minimum Gasteiger partial charge on any atom is -0.423 e. The highest BCUT2D eigenvalue weighted by atomic mass is 16.4. The molecule has 0 spiro atoms. The van der Waals surface area contributed by atoms with Crippen molar-refractivity contribution in [3.05, 3.63) is 49.1 Å². The lowest BCUT2D eigenvalue weighted by atomic mass is 9.88.